The highest BCUT2D eigenvalue weighted by atomic mass is 16.1. The van der Waals surface area contributed by atoms with Crippen LogP contribution in [0.1, 0.15) is 25.8 Å². The molecule has 0 fully saturated rings. The molecular formula is C23H22N6O. The highest BCUT2D eigenvalue weighted by Crippen LogP contribution is 2.32. The lowest BCUT2D eigenvalue weighted by atomic mass is 10.0. The van der Waals surface area contributed by atoms with Gasteiger partial charge in [-0.25, -0.2) is 4.98 Å². The van der Waals surface area contributed by atoms with Crippen molar-refractivity contribution in [1.82, 2.24) is 19.7 Å². The fourth-order valence-corrected chi connectivity index (χ4v) is 3.46. The second-order valence-corrected chi connectivity index (χ2v) is 7.74. The van der Waals surface area contributed by atoms with Crippen molar-refractivity contribution in [1.29, 1.82) is 5.26 Å². The third-order valence-corrected chi connectivity index (χ3v) is 4.89. The maximum Gasteiger partial charge on any atom is 0.224 e. The maximum absolute atomic E-state index is 12.1. The lowest BCUT2D eigenvalue weighted by Crippen LogP contribution is -2.14. The van der Waals surface area contributed by atoms with Gasteiger partial charge in [-0.1, -0.05) is 19.9 Å². The maximum atomic E-state index is 12.1. The Bertz CT molecular complexity index is 1270. The van der Waals surface area contributed by atoms with Gasteiger partial charge in [0, 0.05) is 54.1 Å². The van der Waals surface area contributed by atoms with Crippen molar-refractivity contribution in [2.24, 2.45) is 13.0 Å². The summed E-state index contributed by atoms with van der Waals surface area (Å²) in [5, 5.41) is 17.6. The van der Waals surface area contributed by atoms with Crippen LogP contribution < -0.4 is 5.32 Å². The van der Waals surface area contributed by atoms with Crippen molar-refractivity contribution in [3.05, 3.63) is 54.6 Å². The van der Waals surface area contributed by atoms with Crippen LogP contribution in [-0.2, 0) is 11.8 Å². The summed E-state index contributed by atoms with van der Waals surface area (Å²) in [6.07, 6.45) is 7.86. The van der Waals surface area contributed by atoms with Crippen molar-refractivity contribution >= 4 is 22.6 Å². The highest BCUT2D eigenvalue weighted by molar-refractivity contribution is 5.97. The molecule has 3 heterocycles. The number of aryl methyl sites for hydroxylation is 1. The van der Waals surface area contributed by atoms with E-state index in [-0.39, 0.29) is 11.8 Å². The first-order valence-corrected chi connectivity index (χ1v) is 9.75. The molecular weight excluding hydrogens is 376 g/mol. The number of nitrogens with one attached hydrogen (secondary N) is 2. The third-order valence-electron chi connectivity index (χ3n) is 4.89. The van der Waals surface area contributed by atoms with E-state index < -0.39 is 0 Å². The monoisotopic (exact) mass is 398 g/mol. The molecule has 3 aromatic heterocycles. The van der Waals surface area contributed by atoms with Crippen LogP contribution in [0.3, 0.4) is 0 Å². The Morgan fingerprint density at radius 2 is 2.07 bits per heavy atom. The van der Waals surface area contributed by atoms with Crippen LogP contribution in [0.2, 0.25) is 0 Å². The summed E-state index contributed by atoms with van der Waals surface area (Å²) in [4.78, 5) is 19.8. The highest BCUT2D eigenvalue weighted by Gasteiger charge is 2.13. The minimum Gasteiger partial charge on any atom is -0.346 e. The van der Waals surface area contributed by atoms with E-state index in [9.17, 15) is 10.1 Å². The zero-order chi connectivity index (χ0) is 21.3. The first-order chi connectivity index (χ1) is 14.4. The van der Waals surface area contributed by atoms with Crippen molar-refractivity contribution in [3.8, 4) is 28.3 Å². The smallest absolute Gasteiger partial charge is 0.224 e. The number of pyridine rings is 1. The quantitative estimate of drug-likeness (QED) is 0.517. The third kappa shape index (κ3) is 3.80. The van der Waals surface area contributed by atoms with Crippen molar-refractivity contribution < 1.29 is 4.79 Å². The van der Waals surface area contributed by atoms with Crippen molar-refractivity contribution in [2.45, 2.75) is 20.3 Å². The van der Waals surface area contributed by atoms with E-state index >= 15 is 0 Å². The fraction of sp³-hybridized carbons (Fsp3) is 0.217. The molecule has 1 amide bonds. The molecule has 0 spiro atoms. The van der Waals surface area contributed by atoms with Gasteiger partial charge < -0.3 is 10.3 Å². The topological polar surface area (TPSA) is 99.4 Å². The number of hydrogen-bond donors (Lipinski definition) is 2. The molecule has 1 aromatic carbocycles. The molecule has 0 bridgehead atoms. The largest absolute Gasteiger partial charge is 0.346 e. The van der Waals surface area contributed by atoms with Gasteiger partial charge in [0.1, 0.15) is 11.7 Å². The van der Waals surface area contributed by atoms with Crippen molar-refractivity contribution in [2.75, 3.05) is 5.32 Å². The Kier molecular flexibility index (Phi) is 5.07. The van der Waals surface area contributed by atoms with E-state index in [1.807, 2.05) is 45.6 Å². The average molecular weight is 398 g/mol. The van der Waals surface area contributed by atoms with Gasteiger partial charge in [-0.15, -0.1) is 0 Å². The van der Waals surface area contributed by atoms with Gasteiger partial charge in [0.25, 0.3) is 0 Å². The van der Waals surface area contributed by atoms with E-state index in [0.29, 0.717) is 17.7 Å². The molecule has 4 aromatic rings. The van der Waals surface area contributed by atoms with Crippen LogP contribution in [0.5, 0.6) is 0 Å². The second-order valence-electron chi connectivity index (χ2n) is 7.74. The number of carbonyl (C=O) groups is 1. The van der Waals surface area contributed by atoms with Gasteiger partial charge >= 0.3 is 0 Å². The van der Waals surface area contributed by atoms with E-state index in [1.54, 1.807) is 23.0 Å². The second kappa shape index (κ2) is 7.84. The molecule has 0 saturated heterocycles. The first-order valence-electron chi connectivity index (χ1n) is 9.75. The molecule has 0 unspecified atom stereocenters. The molecule has 4 rings (SSSR count). The van der Waals surface area contributed by atoms with Gasteiger partial charge in [-0.2, -0.15) is 10.4 Å². The Balaban J connectivity index is 1.71. The molecule has 7 nitrogen and oxygen atoms in total. The van der Waals surface area contributed by atoms with Crippen molar-refractivity contribution in [3.63, 3.8) is 0 Å². The van der Waals surface area contributed by atoms with Crippen LogP contribution in [-0.4, -0.2) is 25.7 Å². The van der Waals surface area contributed by atoms with Gasteiger partial charge in [0.15, 0.2) is 0 Å². The molecule has 0 aliphatic rings. The molecule has 150 valence electrons. The number of carbonyl (C=O) groups excluding carboxylic acids is 1. The normalized spacial score (nSPS) is 11.0. The van der Waals surface area contributed by atoms with Crippen LogP contribution in [0.4, 0.5) is 5.69 Å². The Morgan fingerprint density at radius 1 is 1.23 bits per heavy atom. The Morgan fingerprint density at radius 3 is 2.77 bits per heavy atom. The number of aromatic nitrogens is 4. The molecule has 0 aliphatic heterocycles. The Labute approximate surface area is 174 Å². The lowest BCUT2D eigenvalue weighted by Gasteiger charge is -2.10. The summed E-state index contributed by atoms with van der Waals surface area (Å²) in [6, 6.07) is 9.74. The first kappa shape index (κ1) is 19.4. The predicted molar refractivity (Wildman–Crippen MR) is 117 cm³/mol. The standard InChI is InChI=1S/C23H22N6O/c1-14(2)6-22(30)28-21-5-4-15(7-16(21)9-24)20-12-26-23-19(20)8-17(10-25-23)18-11-27-29(3)13-18/h4-5,7-8,10-14H,6H2,1-3H3,(H,25,26)(H,28,30). The SMILES string of the molecule is CC(C)CC(=O)Nc1ccc(-c2c[nH]c3ncc(-c4cnn(C)c4)cc23)cc1C#N. The lowest BCUT2D eigenvalue weighted by molar-refractivity contribution is -0.116. The number of anilines is 1. The van der Waals surface area contributed by atoms with Crippen LogP contribution in [0, 0.1) is 17.2 Å². The molecule has 0 saturated carbocycles. The van der Waals surface area contributed by atoms with E-state index in [0.717, 1.165) is 33.3 Å². The number of nitrogens with zero attached hydrogens (tertiary/aromatic N) is 4. The summed E-state index contributed by atoms with van der Waals surface area (Å²) in [6.45, 7) is 3.97. The molecule has 0 atom stereocenters. The molecule has 0 radical (unpaired) electrons. The zero-order valence-corrected chi connectivity index (χ0v) is 17.1. The number of fused-ring (bicyclic) bond motifs is 1. The van der Waals surface area contributed by atoms with E-state index in [1.165, 1.54) is 0 Å². The number of rotatable bonds is 5. The summed E-state index contributed by atoms with van der Waals surface area (Å²) in [5.41, 5.74) is 5.50. The number of benzene rings is 1. The summed E-state index contributed by atoms with van der Waals surface area (Å²) < 4.78 is 1.75. The molecule has 30 heavy (non-hydrogen) atoms. The number of amides is 1. The van der Waals surface area contributed by atoms with Gasteiger partial charge in [-0.3, -0.25) is 9.48 Å². The fourth-order valence-electron chi connectivity index (χ4n) is 3.46. The van der Waals surface area contributed by atoms with E-state index in [4.69, 9.17) is 0 Å². The van der Waals surface area contributed by atoms with Crippen LogP contribution in [0.15, 0.2) is 49.1 Å². The van der Waals surface area contributed by atoms with Crippen LogP contribution in [0.25, 0.3) is 33.3 Å². The molecule has 2 N–H and O–H groups in total. The summed E-state index contributed by atoms with van der Waals surface area (Å²) in [7, 11) is 1.88. The minimum absolute atomic E-state index is 0.0911. The number of nitriles is 1. The Hall–Kier alpha value is -3.92. The number of hydrogen-bond acceptors (Lipinski definition) is 4. The number of H-pyrrole nitrogens is 1. The van der Waals surface area contributed by atoms with Crippen LogP contribution >= 0.6 is 0 Å². The summed E-state index contributed by atoms with van der Waals surface area (Å²) >= 11 is 0. The number of aromatic amines is 1. The minimum atomic E-state index is -0.0911. The summed E-state index contributed by atoms with van der Waals surface area (Å²) in [5.74, 6) is 0.161. The van der Waals surface area contributed by atoms with Gasteiger partial charge in [0.05, 0.1) is 17.4 Å². The predicted octanol–water partition coefficient (Wildman–Crippen LogP) is 4.49. The van der Waals surface area contributed by atoms with E-state index in [2.05, 4.69) is 32.5 Å². The zero-order valence-electron chi connectivity index (χ0n) is 17.1. The van der Waals surface area contributed by atoms with Gasteiger partial charge in [-0.05, 0) is 29.7 Å². The average Bonchev–Trinajstić information content (AvgIpc) is 3.33. The molecule has 0 aliphatic carbocycles. The van der Waals surface area contributed by atoms with Gasteiger partial charge in [0.2, 0.25) is 5.91 Å². The molecule has 7 heteroatoms.